The average Bonchev–Trinajstić information content (AvgIpc) is 2.55. The topological polar surface area (TPSA) is 41.7 Å². The number of benzene rings is 1. The van der Waals surface area contributed by atoms with Crippen LogP contribution in [0, 0.1) is 6.92 Å². The Hall–Kier alpha value is -2.62. The zero-order chi connectivity index (χ0) is 16.7. The smallest absolute Gasteiger partial charge is 0.151 e. The molecule has 0 saturated carbocycles. The standard InChI is InChI=1S/C19H24N4/c1-5-7-16(3)21-14-22-19-9-6-8-18(23(19)20-4)17-12-10-15(2)11-13-17/h6,8-13,21H,3-5,7,14H2,1-2H3. The van der Waals surface area contributed by atoms with E-state index in [0.29, 0.717) is 6.67 Å². The number of aromatic nitrogens is 1. The Kier molecular flexibility index (Phi) is 5.92. The molecule has 0 aliphatic carbocycles. The lowest BCUT2D eigenvalue weighted by Gasteiger charge is -2.10. The van der Waals surface area contributed by atoms with Crippen molar-refractivity contribution < 1.29 is 0 Å². The highest BCUT2D eigenvalue weighted by Crippen LogP contribution is 2.18. The highest BCUT2D eigenvalue weighted by Gasteiger charge is 2.03. The molecule has 2 aromatic rings. The van der Waals surface area contributed by atoms with Crippen molar-refractivity contribution in [1.82, 2.24) is 9.99 Å². The van der Waals surface area contributed by atoms with Crippen molar-refractivity contribution in [3.63, 3.8) is 0 Å². The Morgan fingerprint density at radius 1 is 1.17 bits per heavy atom. The normalized spacial score (nSPS) is 11.3. The zero-order valence-electron chi connectivity index (χ0n) is 13.9. The van der Waals surface area contributed by atoms with Crippen molar-refractivity contribution in [2.24, 2.45) is 10.1 Å². The molecule has 0 fully saturated rings. The van der Waals surface area contributed by atoms with Crippen LogP contribution in [0.2, 0.25) is 0 Å². The fourth-order valence-electron chi connectivity index (χ4n) is 2.32. The molecule has 1 N–H and O–H groups in total. The summed E-state index contributed by atoms with van der Waals surface area (Å²) in [7, 11) is 0. The molecule has 0 saturated heterocycles. The summed E-state index contributed by atoms with van der Waals surface area (Å²) in [6.07, 6.45) is 2.03. The minimum absolute atomic E-state index is 0.478. The molecule has 120 valence electrons. The Bertz CT molecular complexity index is 739. The van der Waals surface area contributed by atoms with E-state index in [-0.39, 0.29) is 0 Å². The quantitative estimate of drug-likeness (QED) is 0.779. The van der Waals surface area contributed by atoms with Gasteiger partial charge in [-0.25, -0.2) is 9.67 Å². The monoisotopic (exact) mass is 308 g/mol. The Morgan fingerprint density at radius 3 is 2.57 bits per heavy atom. The first-order valence-corrected chi connectivity index (χ1v) is 7.84. The third kappa shape index (κ3) is 4.42. The molecular formula is C19H24N4. The highest BCUT2D eigenvalue weighted by atomic mass is 15.4. The van der Waals surface area contributed by atoms with Gasteiger partial charge in [0, 0.05) is 18.0 Å². The number of allylic oxidation sites excluding steroid dienone is 1. The van der Waals surface area contributed by atoms with E-state index in [4.69, 9.17) is 0 Å². The maximum atomic E-state index is 4.56. The summed E-state index contributed by atoms with van der Waals surface area (Å²) in [5, 5.41) is 7.34. The van der Waals surface area contributed by atoms with Crippen LogP contribution in [0.5, 0.6) is 0 Å². The molecule has 1 aromatic carbocycles. The van der Waals surface area contributed by atoms with Crippen LogP contribution >= 0.6 is 0 Å². The molecule has 0 radical (unpaired) electrons. The third-order valence-corrected chi connectivity index (χ3v) is 3.56. The molecule has 0 unspecified atom stereocenters. The lowest BCUT2D eigenvalue weighted by Crippen LogP contribution is -2.22. The predicted octanol–water partition coefficient (Wildman–Crippen LogP) is 3.69. The van der Waals surface area contributed by atoms with Crippen LogP contribution in [0.3, 0.4) is 0 Å². The van der Waals surface area contributed by atoms with Gasteiger partial charge in [0.25, 0.3) is 0 Å². The highest BCUT2D eigenvalue weighted by molar-refractivity contribution is 5.60. The summed E-state index contributed by atoms with van der Waals surface area (Å²) >= 11 is 0. The third-order valence-electron chi connectivity index (χ3n) is 3.56. The van der Waals surface area contributed by atoms with Gasteiger partial charge in [-0.2, -0.15) is 5.10 Å². The molecule has 2 rings (SSSR count). The van der Waals surface area contributed by atoms with Crippen molar-refractivity contribution in [2.75, 3.05) is 6.67 Å². The van der Waals surface area contributed by atoms with E-state index in [0.717, 1.165) is 35.3 Å². The summed E-state index contributed by atoms with van der Waals surface area (Å²) < 4.78 is 1.76. The van der Waals surface area contributed by atoms with E-state index in [1.165, 1.54) is 5.56 Å². The van der Waals surface area contributed by atoms with Crippen molar-refractivity contribution in [2.45, 2.75) is 26.7 Å². The molecule has 1 aromatic heterocycles. The molecule has 0 spiro atoms. The average molecular weight is 308 g/mol. The molecule has 4 heteroatoms. The van der Waals surface area contributed by atoms with Crippen LogP contribution in [0.15, 0.2) is 64.8 Å². The van der Waals surface area contributed by atoms with Gasteiger partial charge in [0.05, 0.1) is 5.69 Å². The maximum Gasteiger partial charge on any atom is 0.151 e. The number of nitrogens with one attached hydrogen (secondary N) is 1. The minimum Gasteiger partial charge on any atom is -0.370 e. The number of hydrogen-bond donors (Lipinski definition) is 1. The first-order valence-electron chi connectivity index (χ1n) is 7.84. The Balaban J connectivity index is 2.31. The summed E-state index contributed by atoms with van der Waals surface area (Å²) in [6, 6.07) is 14.3. The molecule has 4 nitrogen and oxygen atoms in total. The fraction of sp³-hybridized carbons (Fsp3) is 0.263. The fourth-order valence-corrected chi connectivity index (χ4v) is 2.32. The van der Waals surface area contributed by atoms with Gasteiger partial charge in [-0.1, -0.05) is 55.8 Å². The Labute approximate surface area is 137 Å². The van der Waals surface area contributed by atoms with Crippen molar-refractivity contribution in [1.29, 1.82) is 0 Å². The molecule has 23 heavy (non-hydrogen) atoms. The maximum absolute atomic E-state index is 4.56. The SMILES string of the molecule is C=Nn1c(-c2ccc(C)cc2)cccc1=NCNC(=C)CCC. The minimum atomic E-state index is 0.478. The van der Waals surface area contributed by atoms with Crippen LogP contribution in [0.4, 0.5) is 0 Å². The molecule has 0 aliphatic heterocycles. The van der Waals surface area contributed by atoms with E-state index >= 15 is 0 Å². The number of nitrogens with zero attached hydrogens (tertiary/aromatic N) is 3. The van der Waals surface area contributed by atoms with Crippen LogP contribution in [0.1, 0.15) is 25.3 Å². The summed E-state index contributed by atoms with van der Waals surface area (Å²) in [5.41, 5.74) is 5.04. The molecular weight excluding hydrogens is 284 g/mol. The van der Waals surface area contributed by atoms with Crippen molar-refractivity contribution >= 4 is 6.72 Å². The molecule has 0 aliphatic rings. The van der Waals surface area contributed by atoms with Crippen LogP contribution in [-0.4, -0.2) is 18.1 Å². The lowest BCUT2D eigenvalue weighted by molar-refractivity contribution is 0.717. The van der Waals surface area contributed by atoms with Gasteiger partial charge < -0.3 is 5.32 Å². The number of rotatable bonds is 7. The van der Waals surface area contributed by atoms with E-state index in [1.54, 1.807) is 4.68 Å². The van der Waals surface area contributed by atoms with Gasteiger partial charge in [-0.05, 0) is 25.5 Å². The van der Waals surface area contributed by atoms with Gasteiger partial charge >= 0.3 is 0 Å². The van der Waals surface area contributed by atoms with Crippen molar-refractivity contribution in [3.8, 4) is 11.3 Å². The van der Waals surface area contributed by atoms with Gasteiger partial charge in [0.2, 0.25) is 0 Å². The Morgan fingerprint density at radius 2 is 1.91 bits per heavy atom. The summed E-state index contributed by atoms with van der Waals surface area (Å²) in [4.78, 5) is 4.56. The largest absolute Gasteiger partial charge is 0.370 e. The molecule has 1 heterocycles. The number of pyridine rings is 1. The van der Waals surface area contributed by atoms with Crippen LogP contribution < -0.4 is 10.8 Å². The second-order valence-electron chi connectivity index (χ2n) is 5.44. The summed E-state index contributed by atoms with van der Waals surface area (Å²) in [6.45, 7) is 12.3. The molecule has 0 amide bonds. The van der Waals surface area contributed by atoms with E-state index < -0.39 is 0 Å². The second kappa shape index (κ2) is 8.13. The van der Waals surface area contributed by atoms with Gasteiger partial charge in [0.15, 0.2) is 5.49 Å². The number of aryl methyl sites for hydroxylation is 1. The van der Waals surface area contributed by atoms with E-state index in [1.807, 2.05) is 18.2 Å². The predicted molar refractivity (Wildman–Crippen MR) is 97.2 cm³/mol. The lowest BCUT2D eigenvalue weighted by atomic mass is 10.1. The van der Waals surface area contributed by atoms with Gasteiger partial charge in [0.1, 0.15) is 6.67 Å². The second-order valence-corrected chi connectivity index (χ2v) is 5.44. The van der Waals surface area contributed by atoms with Gasteiger partial charge in [-0.15, -0.1) is 0 Å². The van der Waals surface area contributed by atoms with Crippen LogP contribution in [-0.2, 0) is 0 Å². The summed E-state index contributed by atoms with van der Waals surface area (Å²) in [5.74, 6) is 0. The zero-order valence-corrected chi connectivity index (χ0v) is 13.9. The molecule has 0 atom stereocenters. The van der Waals surface area contributed by atoms with E-state index in [9.17, 15) is 0 Å². The van der Waals surface area contributed by atoms with Crippen LogP contribution in [0.25, 0.3) is 11.3 Å². The number of hydrogen-bond acceptors (Lipinski definition) is 3. The van der Waals surface area contributed by atoms with Gasteiger partial charge in [-0.3, -0.25) is 0 Å². The first-order chi connectivity index (χ1) is 11.2. The van der Waals surface area contributed by atoms with E-state index in [2.05, 4.69) is 66.8 Å². The first kappa shape index (κ1) is 16.7. The molecule has 0 bridgehead atoms. The van der Waals surface area contributed by atoms with Crippen molar-refractivity contribution in [3.05, 3.63) is 65.8 Å².